The summed E-state index contributed by atoms with van der Waals surface area (Å²) in [6, 6.07) is 9.29. The molecule has 1 atom stereocenters. The summed E-state index contributed by atoms with van der Waals surface area (Å²) in [7, 11) is 0. The van der Waals surface area contributed by atoms with Gasteiger partial charge in [0.2, 0.25) is 0 Å². The molecule has 0 aromatic heterocycles. The van der Waals surface area contributed by atoms with E-state index in [0.29, 0.717) is 6.04 Å². The lowest BCUT2D eigenvalue weighted by Gasteiger charge is -2.16. The summed E-state index contributed by atoms with van der Waals surface area (Å²) in [6.45, 7) is 7.11. The van der Waals surface area contributed by atoms with Crippen molar-refractivity contribution in [3.8, 4) is 0 Å². The van der Waals surface area contributed by atoms with Crippen molar-refractivity contribution < 1.29 is 0 Å². The van der Waals surface area contributed by atoms with Gasteiger partial charge in [0.15, 0.2) is 0 Å². The standard InChI is InChI=1S/C14H20IN/c1-3-5-14(16-10-4-2)11-12-6-8-13(15)9-7-12/h3,6-9,14,16H,1,4-5,10-11H2,2H3. The second kappa shape index (κ2) is 7.85. The molecule has 1 nitrogen and oxygen atoms in total. The van der Waals surface area contributed by atoms with Gasteiger partial charge in [0, 0.05) is 9.61 Å². The fourth-order valence-corrected chi connectivity index (χ4v) is 2.05. The van der Waals surface area contributed by atoms with Crippen molar-refractivity contribution in [1.82, 2.24) is 5.32 Å². The molecular formula is C14H20IN. The molecule has 1 aromatic rings. The van der Waals surface area contributed by atoms with E-state index >= 15 is 0 Å². The molecule has 1 unspecified atom stereocenters. The Bertz CT molecular complexity index is 305. The maximum absolute atomic E-state index is 3.82. The quantitative estimate of drug-likeness (QED) is 0.593. The third-order valence-electron chi connectivity index (χ3n) is 2.53. The van der Waals surface area contributed by atoms with Crippen LogP contribution in [0.5, 0.6) is 0 Å². The van der Waals surface area contributed by atoms with Gasteiger partial charge in [-0.25, -0.2) is 0 Å². The third kappa shape index (κ3) is 5.12. The van der Waals surface area contributed by atoms with Crippen LogP contribution in [0.4, 0.5) is 0 Å². The number of hydrogen-bond donors (Lipinski definition) is 1. The lowest BCUT2D eigenvalue weighted by Crippen LogP contribution is -2.31. The first-order valence-electron chi connectivity index (χ1n) is 5.85. The van der Waals surface area contributed by atoms with Crippen molar-refractivity contribution in [2.75, 3.05) is 6.54 Å². The van der Waals surface area contributed by atoms with Gasteiger partial charge in [-0.1, -0.05) is 25.1 Å². The highest BCUT2D eigenvalue weighted by atomic mass is 127. The maximum atomic E-state index is 3.82. The summed E-state index contributed by atoms with van der Waals surface area (Å²) in [4.78, 5) is 0. The average Bonchev–Trinajstić information content (AvgIpc) is 2.29. The van der Waals surface area contributed by atoms with E-state index in [2.05, 4.69) is 65.7 Å². The largest absolute Gasteiger partial charge is 0.313 e. The lowest BCUT2D eigenvalue weighted by atomic mass is 10.0. The number of hydrogen-bond acceptors (Lipinski definition) is 1. The van der Waals surface area contributed by atoms with Crippen molar-refractivity contribution in [3.05, 3.63) is 46.1 Å². The fourth-order valence-electron chi connectivity index (χ4n) is 1.69. The topological polar surface area (TPSA) is 12.0 Å². The molecule has 0 aliphatic carbocycles. The molecule has 88 valence electrons. The molecule has 0 aliphatic heterocycles. The Morgan fingerprint density at radius 1 is 1.38 bits per heavy atom. The Morgan fingerprint density at radius 2 is 2.06 bits per heavy atom. The van der Waals surface area contributed by atoms with Gasteiger partial charge in [0.25, 0.3) is 0 Å². The fraction of sp³-hybridized carbons (Fsp3) is 0.429. The normalized spacial score (nSPS) is 12.4. The Hall–Kier alpha value is -0.350. The van der Waals surface area contributed by atoms with Crippen molar-refractivity contribution in [2.45, 2.75) is 32.2 Å². The molecule has 0 radical (unpaired) electrons. The summed E-state index contributed by atoms with van der Waals surface area (Å²) < 4.78 is 1.29. The van der Waals surface area contributed by atoms with E-state index in [4.69, 9.17) is 0 Å². The minimum Gasteiger partial charge on any atom is -0.313 e. The van der Waals surface area contributed by atoms with Crippen LogP contribution >= 0.6 is 22.6 Å². The van der Waals surface area contributed by atoms with Crippen molar-refractivity contribution in [3.63, 3.8) is 0 Å². The second-order valence-electron chi connectivity index (χ2n) is 4.01. The Morgan fingerprint density at radius 3 is 2.62 bits per heavy atom. The maximum Gasteiger partial charge on any atom is 0.0142 e. The monoisotopic (exact) mass is 329 g/mol. The van der Waals surface area contributed by atoms with Gasteiger partial charge in [-0.15, -0.1) is 6.58 Å². The highest BCUT2D eigenvalue weighted by molar-refractivity contribution is 14.1. The lowest BCUT2D eigenvalue weighted by molar-refractivity contribution is 0.512. The first kappa shape index (κ1) is 13.7. The van der Waals surface area contributed by atoms with Gasteiger partial charge >= 0.3 is 0 Å². The number of benzene rings is 1. The molecule has 0 amide bonds. The molecule has 0 aliphatic rings. The number of halogens is 1. The van der Waals surface area contributed by atoms with Crippen molar-refractivity contribution in [2.24, 2.45) is 0 Å². The summed E-state index contributed by atoms with van der Waals surface area (Å²) >= 11 is 2.34. The third-order valence-corrected chi connectivity index (χ3v) is 3.25. The van der Waals surface area contributed by atoms with E-state index < -0.39 is 0 Å². The molecule has 0 saturated carbocycles. The van der Waals surface area contributed by atoms with Crippen LogP contribution in [0.3, 0.4) is 0 Å². The van der Waals surface area contributed by atoms with Crippen LogP contribution in [-0.2, 0) is 6.42 Å². The number of nitrogens with one attached hydrogen (secondary N) is 1. The average molecular weight is 329 g/mol. The highest BCUT2D eigenvalue weighted by Gasteiger charge is 2.06. The van der Waals surface area contributed by atoms with Gasteiger partial charge in [-0.05, 0) is 66.1 Å². The second-order valence-corrected chi connectivity index (χ2v) is 5.25. The molecule has 0 spiro atoms. The summed E-state index contributed by atoms with van der Waals surface area (Å²) in [5.74, 6) is 0. The van der Waals surface area contributed by atoms with Gasteiger partial charge in [0.1, 0.15) is 0 Å². The van der Waals surface area contributed by atoms with Crippen LogP contribution in [0.2, 0.25) is 0 Å². The summed E-state index contributed by atoms with van der Waals surface area (Å²) in [6.07, 6.45) is 5.30. The van der Waals surface area contributed by atoms with E-state index in [0.717, 1.165) is 19.4 Å². The van der Waals surface area contributed by atoms with Gasteiger partial charge in [0.05, 0.1) is 0 Å². The molecule has 0 bridgehead atoms. The molecule has 1 N–H and O–H groups in total. The van der Waals surface area contributed by atoms with Gasteiger partial charge < -0.3 is 5.32 Å². The predicted molar refractivity (Wildman–Crippen MR) is 79.8 cm³/mol. The smallest absolute Gasteiger partial charge is 0.0142 e. The van der Waals surface area contributed by atoms with Crippen LogP contribution in [-0.4, -0.2) is 12.6 Å². The zero-order valence-corrected chi connectivity index (χ0v) is 12.0. The predicted octanol–water partition coefficient (Wildman–Crippen LogP) is 3.78. The SMILES string of the molecule is C=CCC(Cc1ccc(I)cc1)NCCC. The van der Waals surface area contributed by atoms with Crippen molar-refractivity contribution >= 4 is 22.6 Å². The molecule has 1 aromatic carbocycles. The van der Waals surface area contributed by atoms with Crippen molar-refractivity contribution in [1.29, 1.82) is 0 Å². The van der Waals surface area contributed by atoms with Crippen LogP contribution in [0.1, 0.15) is 25.3 Å². The van der Waals surface area contributed by atoms with E-state index in [1.54, 1.807) is 0 Å². The van der Waals surface area contributed by atoms with E-state index in [-0.39, 0.29) is 0 Å². The van der Waals surface area contributed by atoms with Crippen LogP contribution in [0.15, 0.2) is 36.9 Å². The first-order valence-corrected chi connectivity index (χ1v) is 6.92. The van der Waals surface area contributed by atoms with Crippen LogP contribution in [0.25, 0.3) is 0 Å². The van der Waals surface area contributed by atoms with Gasteiger partial charge in [-0.2, -0.15) is 0 Å². The van der Waals surface area contributed by atoms with Crippen LogP contribution in [0, 0.1) is 3.57 Å². The molecule has 16 heavy (non-hydrogen) atoms. The molecule has 1 rings (SSSR count). The van der Waals surface area contributed by atoms with E-state index in [1.807, 2.05) is 6.08 Å². The summed E-state index contributed by atoms with van der Waals surface area (Å²) in [5, 5.41) is 3.56. The summed E-state index contributed by atoms with van der Waals surface area (Å²) in [5.41, 5.74) is 1.40. The molecular weight excluding hydrogens is 309 g/mol. The zero-order chi connectivity index (χ0) is 11.8. The van der Waals surface area contributed by atoms with E-state index in [9.17, 15) is 0 Å². The molecule has 0 fully saturated rings. The van der Waals surface area contributed by atoms with Crippen LogP contribution < -0.4 is 5.32 Å². The molecule has 0 saturated heterocycles. The van der Waals surface area contributed by atoms with Gasteiger partial charge in [-0.3, -0.25) is 0 Å². The molecule has 0 heterocycles. The Balaban J connectivity index is 2.52. The first-order chi connectivity index (χ1) is 7.76. The Labute approximate surface area is 112 Å². The number of rotatable bonds is 7. The highest BCUT2D eigenvalue weighted by Crippen LogP contribution is 2.10. The van der Waals surface area contributed by atoms with E-state index in [1.165, 1.54) is 15.6 Å². The zero-order valence-electron chi connectivity index (χ0n) is 9.88. The minimum atomic E-state index is 0.525. The molecule has 2 heteroatoms. The Kier molecular flexibility index (Phi) is 6.73. The minimum absolute atomic E-state index is 0.525.